The number of carboxylic acids is 1. The lowest BCUT2D eigenvalue weighted by atomic mass is 9.89. The van der Waals surface area contributed by atoms with Crippen molar-refractivity contribution in [1.82, 2.24) is 9.88 Å². The van der Waals surface area contributed by atoms with Crippen molar-refractivity contribution in [3.63, 3.8) is 0 Å². The van der Waals surface area contributed by atoms with E-state index in [2.05, 4.69) is 15.6 Å². The molecular weight excluding hydrogens is 532 g/mol. The lowest BCUT2D eigenvalue weighted by molar-refractivity contribution is -0.141. The van der Waals surface area contributed by atoms with Gasteiger partial charge in [-0.25, -0.2) is 0 Å². The monoisotopic (exact) mass is 560 g/mol. The number of fused-ring (bicyclic) bond motifs is 1. The molecule has 2 amide bonds. The zero-order chi connectivity index (χ0) is 29.1. The van der Waals surface area contributed by atoms with Crippen LogP contribution in [0.5, 0.6) is 0 Å². The fourth-order valence-electron chi connectivity index (χ4n) is 5.30. The highest BCUT2D eigenvalue weighted by molar-refractivity contribution is 5.95. The number of aliphatic carboxylic acids is 1. The predicted molar refractivity (Wildman–Crippen MR) is 159 cm³/mol. The van der Waals surface area contributed by atoms with Gasteiger partial charge in [0.1, 0.15) is 5.52 Å². The number of carboxylic acid groups (broad SMARTS) is 1. The number of likely N-dealkylation sites (tertiary alicyclic amines) is 1. The lowest BCUT2D eigenvalue weighted by Gasteiger charge is -2.17. The summed E-state index contributed by atoms with van der Waals surface area (Å²) in [5, 5.41) is 15.9. The summed E-state index contributed by atoms with van der Waals surface area (Å²) in [5.74, 6) is -2.39. The van der Waals surface area contributed by atoms with E-state index in [9.17, 15) is 19.5 Å². The molecular formula is C33H28N4O5. The van der Waals surface area contributed by atoms with Crippen molar-refractivity contribution < 1.29 is 23.9 Å². The summed E-state index contributed by atoms with van der Waals surface area (Å²) in [7, 11) is 0. The molecule has 5 aromatic rings. The zero-order valence-corrected chi connectivity index (χ0v) is 22.6. The Kier molecular flexibility index (Phi) is 7.38. The number of para-hydroxylation sites is 1. The van der Waals surface area contributed by atoms with Gasteiger partial charge in [-0.05, 0) is 59.7 Å². The topological polar surface area (TPSA) is 125 Å². The van der Waals surface area contributed by atoms with E-state index in [0.29, 0.717) is 34.9 Å². The van der Waals surface area contributed by atoms with Gasteiger partial charge in [-0.1, -0.05) is 54.6 Å². The molecule has 2 atom stereocenters. The Morgan fingerprint density at radius 1 is 0.857 bits per heavy atom. The van der Waals surface area contributed by atoms with Gasteiger partial charge in [0.2, 0.25) is 5.91 Å². The SMILES string of the molecule is O=C(Cc1ccc2nc(Nc3ccccc3)oc2c1)Nc1ccc(C2CN(C(=O)c3ccccc3)CC2C(=O)O)cc1. The molecule has 210 valence electrons. The maximum absolute atomic E-state index is 12.9. The van der Waals surface area contributed by atoms with Gasteiger partial charge < -0.3 is 25.1 Å². The summed E-state index contributed by atoms with van der Waals surface area (Å²) >= 11 is 0. The van der Waals surface area contributed by atoms with E-state index < -0.39 is 11.9 Å². The van der Waals surface area contributed by atoms with E-state index in [4.69, 9.17) is 4.42 Å². The van der Waals surface area contributed by atoms with Crippen molar-refractivity contribution in [1.29, 1.82) is 0 Å². The van der Waals surface area contributed by atoms with Crippen molar-refractivity contribution >= 4 is 46.3 Å². The molecule has 2 unspecified atom stereocenters. The number of carbonyl (C=O) groups excluding carboxylic acids is 2. The third-order valence-electron chi connectivity index (χ3n) is 7.41. The minimum absolute atomic E-state index is 0.139. The fourth-order valence-corrected chi connectivity index (χ4v) is 5.30. The summed E-state index contributed by atoms with van der Waals surface area (Å²) in [6, 6.07) is 31.4. The summed E-state index contributed by atoms with van der Waals surface area (Å²) < 4.78 is 5.83. The number of rotatable bonds is 8. The van der Waals surface area contributed by atoms with Gasteiger partial charge in [-0.2, -0.15) is 4.98 Å². The predicted octanol–water partition coefficient (Wildman–Crippen LogP) is 5.69. The van der Waals surface area contributed by atoms with E-state index in [-0.39, 0.29) is 30.7 Å². The summed E-state index contributed by atoms with van der Waals surface area (Å²) in [6.07, 6.45) is 0.139. The minimum Gasteiger partial charge on any atom is -0.481 e. The average Bonchev–Trinajstić information content (AvgIpc) is 3.62. The minimum atomic E-state index is -0.938. The normalized spacial score (nSPS) is 16.3. The van der Waals surface area contributed by atoms with Crippen LogP contribution in [-0.2, 0) is 16.0 Å². The van der Waals surface area contributed by atoms with Crippen LogP contribution in [0.4, 0.5) is 17.4 Å². The molecule has 6 rings (SSSR count). The number of carbonyl (C=O) groups is 3. The Balaban J connectivity index is 1.09. The van der Waals surface area contributed by atoms with Crippen LogP contribution in [0.2, 0.25) is 0 Å². The van der Waals surface area contributed by atoms with Crippen molar-refractivity contribution in [2.45, 2.75) is 12.3 Å². The van der Waals surface area contributed by atoms with Crippen molar-refractivity contribution in [3.05, 3.63) is 120 Å². The van der Waals surface area contributed by atoms with E-state index in [1.54, 1.807) is 47.4 Å². The molecule has 0 spiro atoms. The standard InChI is InChI=1S/C33H28N4O5/c38-30(18-21-11-16-28-29(17-21)42-33(36-28)35-24-9-5-2-6-10-24)34-25-14-12-22(13-15-25)26-19-37(20-27(26)32(40)41)31(39)23-7-3-1-4-8-23/h1-17,26-27H,18-20H2,(H,34,38)(H,35,36)(H,40,41). The first kappa shape index (κ1) is 26.8. The Bertz CT molecular complexity index is 1740. The molecule has 1 aromatic heterocycles. The molecule has 0 bridgehead atoms. The maximum Gasteiger partial charge on any atom is 0.308 e. The summed E-state index contributed by atoms with van der Waals surface area (Å²) in [6.45, 7) is 0.453. The Morgan fingerprint density at radius 3 is 2.29 bits per heavy atom. The maximum atomic E-state index is 12.9. The van der Waals surface area contributed by atoms with Crippen molar-refractivity contribution in [3.8, 4) is 0 Å². The Hall–Kier alpha value is -5.44. The highest BCUT2D eigenvalue weighted by atomic mass is 16.4. The highest BCUT2D eigenvalue weighted by Gasteiger charge is 2.40. The van der Waals surface area contributed by atoms with Gasteiger partial charge in [-0.3, -0.25) is 14.4 Å². The number of hydrogen-bond donors (Lipinski definition) is 3. The van der Waals surface area contributed by atoms with Crippen molar-refractivity contribution in [2.24, 2.45) is 5.92 Å². The molecule has 9 nitrogen and oxygen atoms in total. The molecule has 1 aliphatic rings. The Morgan fingerprint density at radius 2 is 1.57 bits per heavy atom. The van der Waals surface area contributed by atoms with Crippen LogP contribution >= 0.6 is 0 Å². The van der Waals surface area contributed by atoms with Gasteiger partial charge in [0.05, 0.1) is 12.3 Å². The molecule has 42 heavy (non-hydrogen) atoms. The van der Waals surface area contributed by atoms with E-state index in [0.717, 1.165) is 16.8 Å². The number of benzene rings is 4. The molecule has 0 saturated carbocycles. The first-order valence-corrected chi connectivity index (χ1v) is 13.6. The van der Waals surface area contributed by atoms with Crippen LogP contribution in [-0.4, -0.2) is 45.9 Å². The van der Waals surface area contributed by atoms with Gasteiger partial charge in [0.15, 0.2) is 5.58 Å². The number of nitrogens with one attached hydrogen (secondary N) is 2. The summed E-state index contributed by atoms with van der Waals surface area (Å²) in [4.78, 5) is 43.8. The molecule has 9 heteroatoms. The van der Waals surface area contributed by atoms with Gasteiger partial charge in [0.25, 0.3) is 11.9 Å². The number of anilines is 3. The number of oxazole rings is 1. The van der Waals surface area contributed by atoms with Gasteiger partial charge in [0, 0.05) is 35.9 Å². The number of nitrogens with zero attached hydrogens (tertiary/aromatic N) is 2. The Labute approximate surface area is 241 Å². The van der Waals surface area contributed by atoms with Crippen LogP contribution in [0.15, 0.2) is 108 Å². The van der Waals surface area contributed by atoms with Crippen LogP contribution in [0.25, 0.3) is 11.1 Å². The first-order valence-electron chi connectivity index (χ1n) is 13.6. The van der Waals surface area contributed by atoms with E-state index in [1.807, 2.05) is 60.7 Å². The largest absolute Gasteiger partial charge is 0.481 e. The third kappa shape index (κ3) is 5.85. The number of aromatic nitrogens is 1. The van der Waals surface area contributed by atoms with Crippen LogP contribution < -0.4 is 10.6 Å². The molecule has 0 radical (unpaired) electrons. The molecule has 3 N–H and O–H groups in total. The smallest absolute Gasteiger partial charge is 0.308 e. The van der Waals surface area contributed by atoms with Crippen LogP contribution in [0.3, 0.4) is 0 Å². The second kappa shape index (κ2) is 11.6. The third-order valence-corrected chi connectivity index (χ3v) is 7.41. The molecule has 2 heterocycles. The quantitative estimate of drug-likeness (QED) is 0.223. The number of amides is 2. The van der Waals surface area contributed by atoms with Crippen LogP contribution in [0, 0.1) is 5.92 Å². The first-order chi connectivity index (χ1) is 20.4. The molecule has 1 saturated heterocycles. The van der Waals surface area contributed by atoms with Gasteiger partial charge >= 0.3 is 5.97 Å². The molecule has 1 fully saturated rings. The fraction of sp³-hybridized carbons (Fsp3) is 0.152. The number of hydrogen-bond acceptors (Lipinski definition) is 6. The lowest BCUT2D eigenvalue weighted by Crippen LogP contribution is -2.29. The van der Waals surface area contributed by atoms with Crippen molar-refractivity contribution in [2.75, 3.05) is 23.7 Å². The molecule has 4 aromatic carbocycles. The molecule has 0 aliphatic carbocycles. The average molecular weight is 561 g/mol. The highest BCUT2D eigenvalue weighted by Crippen LogP contribution is 2.34. The van der Waals surface area contributed by atoms with Crippen LogP contribution in [0.1, 0.15) is 27.4 Å². The zero-order valence-electron chi connectivity index (χ0n) is 22.6. The second-order valence-electron chi connectivity index (χ2n) is 10.3. The summed E-state index contributed by atoms with van der Waals surface area (Å²) in [5.41, 5.74) is 4.83. The second-order valence-corrected chi connectivity index (χ2v) is 10.3. The molecule has 1 aliphatic heterocycles. The van der Waals surface area contributed by atoms with E-state index in [1.165, 1.54) is 0 Å². The van der Waals surface area contributed by atoms with E-state index >= 15 is 0 Å². The van der Waals surface area contributed by atoms with Gasteiger partial charge in [-0.15, -0.1) is 0 Å².